The Hall–Kier alpha value is -7.69. The highest BCUT2D eigenvalue weighted by molar-refractivity contribution is 6.23. The van der Waals surface area contributed by atoms with Crippen LogP contribution in [0.1, 0.15) is 0 Å². The van der Waals surface area contributed by atoms with Crippen molar-refractivity contribution in [2.24, 2.45) is 0 Å². The number of aromatic nitrogens is 3. The standard InChI is InChI=1S/C53H33N3O/c1-4-15-34(16-5-1)46-33-47-49-44(25-14-26-48(49)57-50(47)45-24-13-12-23-42(45)46)43-32-31-39(40-21-10-11-22-41(40)43)35-27-29-38(30-28-35)53-55-51(36-17-6-2-7-18-36)54-52(56-53)37-19-8-3-9-20-37/h1-33H. The second kappa shape index (κ2) is 13.6. The minimum atomic E-state index is 0.637. The molecule has 0 saturated carbocycles. The van der Waals surface area contributed by atoms with Gasteiger partial charge < -0.3 is 4.42 Å². The van der Waals surface area contributed by atoms with Crippen molar-refractivity contribution in [2.75, 3.05) is 0 Å². The van der Waals surface area contributed by atoms with Crippen LogP contribution >= 0.6 is 0 Å². The van der Waals surface area contributed by atoms with Gasteiger partial charge in [-0.25, -0.2) is 15.0 Å². The van der Waals surface area contributed by atoms with E-state index in [2.05, 4.69) is 140 Å². The van der Waals surface area contributed by atoms with E-state index in [9.17, 15) is 0 Å². The van der Waals surface area contributed by atoms with Crippen LogP contribution in [0.25, 0.3) is 111 Å². The smallest absolute Gasteiger partial charge is 0.164 e. The first-order valence-electron chi connectivity index (χ1n) is 19.2. The summed E-state index contributed by atoms with van der Waals surface area (Å²) in [5.41, 5.74) is 11.6. The van der Waals surface area contributed by atoms with Gasteiger partial charge in [0.05, 0.1) is 0 Å². The van der Waals surface area contributed by atoms with Crippen LogP contribution in [0.5, 0.6) is 0 Å². The topological polar surface area (TPSA) is 51.8 Å². The maximum Gasteiger partial charge on any atom is 0.164 e. The molecule has 9 aromatic carbocycles. The van der Waals surface area contributed by atoms with E-state index >= 15 is 0 Å². The molecule has 0 fully saturated rings. The van der Waals surface area contributed by atoms with Crippen LogP contribution in [-0.2, 0) is 0 Å². The van der Waals surface area contributed by atoms with E-state index in [1.54, 1.807) is 0 Å². The van der Waals surface area contributed by atoms with E-state index < -0.39 is 0 Å². The van der Waals surface area contributed by atoms with Crippen LogP contribution in [-0.4, -0.2) is 15.0 Å². The first-order chi connectivity index (χ1) is 28.3. The summed E-state index contributed by atoms with van der Waals surface area (Å²) in [6.45, 7) is 0. The Kier molecular flexibility index (Phi) is 7.78. The molecule has 0 amide bonds. The molecule has 0 saturated heterocycles. The van der Waals surface area contributed by atoms with E-state index in [1.807, 2.05) is 60.7 Å². The van der Waals surface area contributed by atoms with Gasteiger partial charge >= 0.3 is 0 Å². The molecule has 0 unspecified atom stereocenters. The highest BCUT2D eigenvalue weighted by Crippen LogP contribution is 2.45. The van der Waals surface area contributed by atoms with Gasteiger partial charge in [-0.2, -0.15) is 0 Å². The highest BCUT2D eigenvalue weighted by atomic mass is 16.3. The lowest BCUT2D eigenvalue weighted by Crippen LogP contribution is -2.00. The number of fused-ring (bicyclic) bond motifs is 6. The van der Waals surface area contributed by atoms with E-state index in [0.29, 0.717) is 17.5 Å². The first kappa shape index (κ1) is 32.7. The molecule has 0 aliphatic carbocycles. The molecule has 0 N–H and O–H groups in total. The second-order valence-electron chi connectivity index (χ2n) is 14.3. The summed E-state index contributed by atoms with van der Waals surface area (Å²) in [4.78, 5) is 14.8. The summed E-state index contributed by atoms with van der Waals surface area (Å²) < 4.78 is 6.72. The third-order valence-corrected chi connectivity index (χ3v) is 11.0. The van der Waals surface area contributed by atoms with Crippen molar-refractivity contribution in [1.29, 1.82) is 0 Å². The van der Waals surface area contributed by atoms with Crippen molar-refractivity contribution in [3.63, 3.8) is 0 Å². The van der Waals surface area contributed by atoms with Crippen LogP contribution in [0.15, 0.2) is 205 Å². The number of hydrogen-bond acceptors (Lipinski definition) is 4. The third-order valence-electron chi connectivity index (χ3n) is 11.0. The van der Waals surface area contributed by atoms with E-state index in [1.165, 1.54) is 32.8 Å². The van der Waals surface area contributed by atoms with Gasteiger partial charge in [0.25, 0.3) is 0 Å². The van der Waals surface area contributed by atoms with Gasteiger partial charge in [-0.15, -0.1) is 0 Å². The predicted octanol–water partition coefficient (Wildman–Crippen LogP) is 14.1. The van der Waals surface area contributed by atoms with Crippen molar-refractivity contribution in [2.45, 2.75) is 0 Å². The molecule has 0 radical (unpaired) electrons. The largest absolute Gasteiger partial charge is 0.455 e. The fraction of sp³-hybridized carbons (Fsp3) is 0. The normalized spacial score (nSPS) is 11.5. The van der Waals surface area contributed by atoms with Crippen molar-refractivity contribution in [1.82, 2.24) is 15.0 Å². The highest BCUT2D eigenvalue weighted by Gasteiger charge is 2.20. The Labute approximate surface area is 329 Å². The van der Waals surface area contributed by atoms with E-state index in [4.69, 9.17) is 19.4 Å². The molecule has 11 aromatic rings. The van der Waals surface area contributed by atoms with Crippen LogP contribution in [0.4, 0.5) is 0 Å². The fourth-order valence-electron chi connectivity index (χ4n) is 8.25. The molecular formula is C53H33N3O. The molecule has 4 heteroatoms. The lowest BCUT2D eigenvalue weighted by Gasteiger charge is -2.14. The molecule has 266 valence electrons. The second-order valence-corrected chi connectivity index (χ2v) is 14.3. The Morgan fingerprint density at radius 2 is 0.719 bits per heavy atom. The van der Waals surface area contributed by atoms with E-state index in [0.717, 1.165) is 60.7 Å². The predicted molar refractivity (Wildman–Crippen MR) is 235 cm³/mol. The quantitative estimate of drug-likeness (QED) is 0.171. The lowest BCUT2D eigenvalue weighted by molar-refractivity contribution is 0.673. The van der Waals surface area contributed by atoms with Gasteiger partial charge in [0, 0.05) is 32.8 Å². The zero-order valence-electron chi connectivity index (χ0n) is 30.8. The molecule has 57 heavy (non-hydrogen) atoms. The Morgan fingerprint density at radius 1 is 0.281 bits per heavy atom. The number of hydrogen-bond donors (Lipinski definition) is 0. The summed E-state index contributed by atoms with van der Waals surface area (Å²) in [7, 11) is 0. The molecule has 2 aromatic heterocycles. The molecular weight excluding hydrogens is 695 g/mol. The van der Waals surface area contributed by atoms with Gasteiger partial charge in [-0.3, -0.25) is 0 Å². The van der Waals surface area contributed by atoms with Crippen LogP contribution in [0, 0.1) is 0 Å². The average Bonchev–Trinajstić information content (AvgIpc) is 3.68. The van der Waals surface area contributed by atoms with Crippen LogP contribution < -0.4 is 0 Å². The maximum absolute atomic E-state index is 6.72. The van der Waals surface area contributed by atoms with Gasteiger partial charge in [0.15, 0.2) is 17.5 Å². The molecule has 2 heterocycles. The SMILES string of the molecule is c1ccc(-c2nc(-c3ccccc3)nc(-c3ccc(-c4ccc(-c5cccc6oc7c8ccccc8c(-c8ccccc8)cc7c56)c5ccccc45)cc3)n2)cc1. The Morgan fingerprint density at radius 3 is 1.32 bits per heavy atom. The minimum absolute atomic E-state index is 0.637. The van der Waals surface area contributed by atoms with Crippen molar-refractivity contribution < 1.29 is 4.42 Å². The zero-order valence-corrected chi connectivity index (χ0v) is 30.8. The van der Waals surface area contributed by atoms with Gasteiger partial charge in [-0.05, 0) is 61.7 Å². The average molecular weight is 728 g/mol. The molecule has 0 atom stereocenters. The van der Waals surface area contributed by atoms with Crippen molar-refractivity contribution >= 4 is 43.5 Å². The van der Waals surface area contributed by atoms with Gasteiger partial charge in [0.2, 0.25) is 0 Å². The molecule has 0 spiro atoms. The molecule has 0 aliphatic heterocycles. The van der Waals surface area contributed by atoms with E-state index in [-0.39, 0.29) is 0 Å². The zero-order chi connectivity index (χ0) is 37.7. The number of benzene rings is 9. The monoisotopic (exact) mass is 727 g/mol. The fourth-order valence-corrected chi connectivity index (χ4v) is 8.25. The molecule has 0 bridgehead atoms. The first-order valence-corrected chi connectivity index (χ1v) is 19.2. The van der Waals surface area contributed by atoms with Gasteiger partial charge in [0.1, 0.15) is 11.2 Å². The van der Waals surface area contributed by atoms with Crippen LogP contribution in [0.3, 0.4) is 0 Å². The number of nitrogens with zero attached hydrogens (tertiary/aromatic N) is 3. The van der Waals surface area contributed by atoms with Crippen molar-refractivity contribution in [3.8, 4) is 67.5 Å². The number of rotatable bonds is 6. The summed E-state index contributed by atoms with van der Waals surface area (Å²) in [5.74, 6) is 1.93. The number of furan rings is 1. The van der Waals surface area contributed by atoms with Crippen LogP contribution in [0.2, 0.25) is 0 Å². The Balaban J connectivity index is 1.04. The van der Waals surface area contributed by atoms with Crippen molar-refractivity contribution in [3.05, 3.63) is 200 Å². The minimum Gasteiger partial charge on any atom is -0.455 e. The summed E-state index contributed by atoms with van der Waals surface area (Å²) in [6, 6.07) is 69.9. The lowest BCUT2D eigenvalue weighted by atomic mass is 9.89. The molecule has 4 nitrogen and oxygen atoms in total. The Bertz CT molecular complexity index is 3210. The summed E-state index contributed by atoms with van der Waals surface area (Å²) in [5, 5.41) is 6.90. The van der Waals surface area contributed by atoms with Gasteiger partial charge in [-0.1, -0.05) is 188 Å². The summed E-state index contributed by atoms with van der Waals surface area (Å²) >= 11 is 0. The summed E-state index contributed by atoms with van der Waals surface area (Å²) in [6.07, 6.45) is 0. The molecule has 0 aliphatic rings. The molecule has 11 rings (SSSR count). The maximum atomic E-state index is 6.72. The third kappa shape index (κ3) is 5.66.